The highest BCUT2D eigenvalue weighted by Gasteiger charge is 2.30. The van der Waals surface area contributed by atoms with E-state index in [2.05, 4.69) is 4.98 Å². The van der Waals surface area contributed by atoms with Crippen LogP contribution < -0.4 is 0 Å². The van der Waals surface area contributed by atoms with Gasteiger partial charge in [-0.25, -0.2) is 4.98 Å². The summed E-state index contributed by atoms with van der Waals surface area (Å²) < 4.78 is 39.0. The fourth-order valence-corrected chi connectivity index (χ4v) is 4.48. The first-order chi connectivity index (χ1) is 11.7. The topological polar surface area (TPSA) is 33.1 Å². The van der Waals surface area contributed by atoms with Gasteiger partial charge in [-0.05, 0) is 49.7 Å². The van der Waals surface area contributed by atoms with Crippen LogP contribution >= 0.6 is 23.1 Å². The lowest BCUT2D eigenvalue weighted by atomic mass is 10.1. The second-order valence-corrected chi connectivity index (χ2v) is 7.86. The summed E-state index contributed by atoms with van der Waals surface area (Å²) in [7, 11) is 0. The van der Waals surface area contributed by atoms with Gasteiger partial charge in [0.25, 0.3) is 0 Å². The Morgan fingerprint density at radius 2 is 1.72 bits per heavy atom. The molecule has 0 bridgehead atoms. The Morgan fingerprint density at radius 1 is 1.04 bits per heavy atom. The van der Waals surface area contributed by atoms with Crippen molar-refractivity contribution in [1.29, 1.82) is 0 Å². The van der Waals surface area contributed by atoms with Crippen molar-refractivity contribution in [2.24, 2.45) is 0 Å². The molecule has 1 aromatic heterocycles. The van der Waals surface area contributed by atoms with Crippen LogP contribution in [0.2, 0.25) is 0 Å². The third-order valence-electron chi connectivity index (χ3n) is 3.59. The predicted molar refractivity (Wildman–Crippen MR) is 94.3 cm³/mol. The molecule has 0 aliphatic heterocycles. The van der Waals surface area contributed by atoms with Crippen LogP contribution in [0.15, 0.2) is 51.6 Å². The lowest BCUT2D eigenvalue weighted by Gasteiger charge is -2.06. The summed E-state index contributed by atoms with van der Waals surface area (Å²) in [6.07, 6.45) is -4.34. The molecule has 0 aliphatic carbocycles. The normalized spacial score (nSPS) is 11.7. The molecule has 0 saturated carbocycles. The molecular weight excluding hydrogens is 367 g/mol. The highest BCUT2D eigenvalue weighted by atomic mass is 32.2. The van der Waals surface area contributed by atoms with Gasteiger partial charge in [0.15, 0.2) is 0 Å². The summed E-state index contributed by atoms with van der Waals surface area (Å²) in [5.74, 6) is 0.246. The predicted octanol–water partition coefficient (Wildman–Crippen LogP) is 6.30. The minimum Gasteiger partial charge on any atom is -0.508 e. The molecule has 0 amide bonds. The van der Waals surface area contributed by atoms with E-state index in [-0.39, 0.29) is 5.75 Å². The van der Waals surface area contributed by atoms with Crippen molar-refractivity contribution >= 4 is 23.1 Å². The first kappa shape index (κ1) is 17.8. The average Bonchev–Trinajstić information content (AvgIpc) is 2.91. The molecular formula is C18H14F3NOS2. The molecule has 2 nitrogen and oxygen atoms in total. The number of hydrogen-bond acceptors (Lipinski definition) is 4. The third-order valence-corrected chi connectivity index (χ3v) is 6.06. The molecule has 1 N–H and O–H groups in total. The van der Waals surface area contributed by atoms with Crippen molar-refractivity contribution in [3.8, 4) is 16.3 Å². The number of benzene rings is 2. The fourth-order valence-electron chi connectivity index (χ4n) is 2.20. The number of hydrogen-bond donors (Lipinski definition) is 1. The van der Waals surface area contributed by atoms with Gasteiger partial charge in [-0.3, -0.25) is 0 Å². The number of thiazole rings is 1. The zero-order valence-electron chi connectivity index (χ0n) is 13.4. The summed E-state index contributed by atoms with van der Waals surface area (Å²) in [4.78, 5) is 5.45. The second-order valence-electron chi connectivity index (χ2n) is 5.52. The number of aryl methyl sites for hydroxylation is 2. The van der Waals surface area contributed by atoms with Crippen LogP contribution in [0, 0.1) is 13.8 Å². The van der Waals surface area contributed by atoms with Gasteiger partial charge in [0.1, 0.15) is 10.8 Å². The van der Waals surface area contributed by atoms with Gasteiger partial charge in [-0.2, -0.15) is 13.2 Å². The zero-order valence-corrected chi connectivity index (χ0v) is 15.0. The summed E-state index contributed by atoms with van der Waals surface area (Å²) >= 11 is 2.96. The Bertz CT molecular complexity index is 902. The third kappa shape index (κ3) is 3.99. The van der Waals surface area contributed by atoms with Crippen LogP contribution in [0.4, 0.5) is 13.2 Å². The van der Waals surface area contributed by atoms with E-state index in [1.54, 1.807) is 6.07 Å². The Morgan fingerprint density at radius 3 is 2.32 bits per heavy atom. The SMILES string of the molecule is Cc1cc(Sc2sc(-c3ccc(C(F)(F)F)cc3)nc2C)ccc1O. The van der Waals surface area contributed by atoms with E-state index >= 15 is 0 Å². The van der Waals surface area contributed by atoms with Crippen molar-refractivity contribution in [2.45, 2.75) is 29.1 Å². The molecule has 25 heavy (non-hydrogen) atoms. The van der Waals surface area contributed by atoms with Crippen LogP contribution in [0.1, 0.15) is 16.8 Å². The lowest BCUT2D eigenvalue weighted by Crippen LogP contribution is -2.03. The first-order valence-corrected chi connectivity index (χ1v) is 9.00. The van der Waals surface area contributed by atoms with Gasteiger partial charge in [0, 0.05) is 10.5 Å². The summed E-state index contributed by atoms with van der Waals surface area (Å²) in [6, 6.07) is 10.4. The minimum atomic E-state index is -4.34. The molecule has 0 atom stereocenters. The Hall–Kier alpha value is -1.99. The molecule has 0 saturated heterocycles. The number of aromatic hydroxyl groups is 1. The second kappa shape index (κ2) is 6.72. The Labute approximate surface area is 151 Å². The smallest absolute Gasteiger partial charge is 0.416 e. The maximum Gasteiger partial charge on any atom is 0.416 e. The molecule has 0 spiro atoms. The van der Waals surface area contributed by atoms with Crippen LogP contribution in [-0.2, 0) is 6.18 Å². The van der Waals surface area contributed by atoms with E-state index < -0.39 is 11.7 Å². The maximum atomic E-state index is 12.7. The van der Waals surface area contributed by atoms with Crippen LogP contribution in [-0.4, -0.2) is 10.1 Å². The highest BCUT2D eigenvalue weighted by molar-refractivity contribution is 8.01. The Balaban J connectivity index is 1.85. The summed E-state index contributed by atoms with van der Waals surface area (Å²) in [6.45, 7) is 3.70. The molecule has 3 rings (SSSR count). The number of phenols is 1. The molecule has 2 aromatic carbocycles. The molecule has 130 valence electrons. The molecule has 3 aromatic rings. The number of nitrogens with zero attached hydrogens (tertiary/aromatic N) is 1. The Kier molecular flexibility index (Phi) is 4.79. The molecule has 1 heterocycles. The van der Waals surface area contributed by atoms with Crippen molar-refractivity contribution in [3.63, 3.8) is 0 Å². The average molecular weight is 381 g/mol. The summed E-state index contributed by atoms with van der Waals surface area (Å²) in [5.41, 5.74) is 1.61. The van der Waals surface area contributed by atoms with Gasteiger partial charge >= 0.3 is 6.18 Å². The molecule has 0 unspecified atom stereocenters. The van der Waals surface area contributed by atoms with Gasteiger partial charge in [0.2, 0.25) is 0 Å². The van der Waals surface area contributed by atoms with Crippen molar-refractivity contribution in [1.82, 2.24) is 4.98 Å². The van der Waals surface area contributed by atoms with Gasteiger partial charge < -0.3 is 5.11 Å². The monoisotopic (exact) mass is 381 g/mol. The van der Waals surface area contributed by atoms with Crippen LogP contribution in [0.25, 0.3) is 10.6 Å². The van der Waals surface area contributed by atoms with Crippen molar-refractivity contribution < 1.29 is 18.3 Å². The molecule has 0 radical (unpaired) electrons. The van der Waals surface area contributed by atoms with Crippen LogP contribution in [0.5, 0.6) is 5.75 Å². The standard InChI is InChI=1S/C18H14F3NOS2/c1-10-9-14(7-8-15(10)23)24-17-11(2)22-16(25-17)12-3-5-13(6-4-12)18(19,20)21/h3-9,23H,1-2H3. The van der Waals surface area contributed by atoms with E-state index in [0.29, 0.717) is 10.6 Å². The molecule has 0 fully saturated rings. The lowest BCUT2D eigenvalue weighted by molar-refractivity contribution is -0.137. The minimum absolute atomic E-state index is 0.246. The van der Waals surface area contributed by atoms with Gasteiger partial charge in [0.05, 0.1) is 15.5 Å². The van der Waals surface area contributed by atoms with E-state index in [0.717, 1.165) is 32.5 Å². The van der Waals surface area contributed by atoms with Crippen molar-refractivity contribution in [3.05, 3.63) is 59.3 Å². The number of phenolic OH excluding ortho intramolecular Hbond substituents is 1. The largest absolute Gasteiger partial charge is 0.508 e. The number of halogens is 3. The van der Waals surface area contributed by atoms with Crippen LogP contribution in [0.3, 0.4) is 0 Å². The van der Waals surface area contributed by atoms with Gasteiger partial charge in [-0.15, -0.1) is 11.3 Å². The zero-order chi connectivity index (χ0) is 18.2. The number of aromatic nitrogens is 1. The van der Waals surface area contributed by atoms with Gasteiger partial charge in [-0.1, -0.05) is 23.9 Å². The van der Waals surface area contributed by atoms with E-state index in [4.69, 9.17) is 0 Å². The molecule has 7 heteroatoms. The summed E-state index contributed by atoms with van der Waals surface area (Å²) in [5, 5.41) is 10.3. The molecule has 0 aliphatic rings. The fraction of sp³-hybridized carbons (Fsp3) is 0.167. The van der Waals surface area contributed by atoms with E-state index in [9.17, 15) is 18.3 Å². The maximum absolute atomic E-state index is 12.7. The number of alkyl halides is 3. The quantitative estimate of drug-likeness (QED) is 0.578. The highest BCUT2D eigenvalue weighted by Crippen LogP contribution is 2.40. The van der Waals surface area contributed by atoms with E-state index in [1.807, 2.05) is 26.0 Å². The number of rotatable bonds is 3. The first-order valence-electron chi connectivity index (χ1n) is 7.36. The van der Waals surface area contributed by atoms with E-state index in [1.165, 1.54) is 35.2 Å². The van der Waals surface area contributed by atoms with Crippen molar-refractivity contribution in [2.75, 3.05) is 0 Å².